The van der Waals surface area contributed by atoms with E-state index in [1.54, 1.807) is 24.3 Å². The number of aliphatic hydroxyl groups is 1. The van der Waals surface area contributed by atoms with Crippen LogP contribution in [-0.4, -0.2) is 42.3 Å². The molecule has 1 aliphatic heterocycles. The van der Waals surface area contributed by atoms with Crippen molar-refractivity contribution < 1.29 is 23.8 Å². The third-order valence-corrected chi connectivity index (χ3v) is 6.14. The van der Waals surface area contributed by atoms with Crippen LogP contribution in [0.15, 0.2) is 82.3 Å². The highest BCUT2D eigenvalue weighted by molar-refractivity contribution is 9.10. The first kappa shape index (κ1) is 24.9. The first-order valence-electron chi connectivity index (χ1n) is 11.3. The number of nitrogens with zero attached hydrogens (tertiary/aromatic N) is 1. The summed E-state index contributed by atoms with van der Waals surface area (Å²) in [5, 5.41) is 11.8. The zero-order valence-electron chi connectivity index (χ0n) is 19.0. The van der Waals surface area contributed by atoms with Crippen molar-refractivity contribution in [2.75, 3.05) is 19.8 Å². The number of halogens is 2. The highest BCUT2D eigenvalue weighted by Gasteiger charge is 2.44. The Labute approximate surface area is 211 Å². The van der Waals surface area contributed by atoms with Gasteiger partial charge in [0, 0.05) is 36.0 Å². The summed E-state index contributed by atoms with van der Waals surface area (Å²) in [7, 11) is 0. The molecule has 1 amide bonds. The molecule has 1 aliphatic rings. The summed E-state index contributed by atoms with van der Waals surface area (Å²) < 4.78 is 26.0. The van der Waals surface area contributed by atoms with Crippen LogP contribution in [0.4, 0.5) is 4.39 Å². The van der Waals surface area contributed by atoms with Crippen molar-refractivity contribution in [2.24, 2.45) is 4.99 Å². The van der Waals surface area contributed by atoms with Crippen LogP contribution in [0.1, 0.15) is 23.1 Å². The molecule has 1 atom stereocenters. The number of aliphatic hydroxyl groups excluding tert-OH is 1. The van der Waals surface area contributed by atoms with E-state index in [0.717, 1.165) is 15.6 Å². The minimum absolute atomic E-state index is 0.0739. The van der Waals surface area contributed by atoms with E-state index in [1.165, 1.54) is 12.1 Å². The van der Waals surface area contributed by atoms with Gasteiger partial charge >= 0.3 is 0 Å². The van der Waals surface area contributed by atoms with Crippen molar-refractivity contribution in [1.82, 2.24) is 5.32 Å². The van der Waals surface area contributed by atoms with Gasteiger partial charge in [-0.2, -0.15) is 0 Å². The molecule has 8 heteroatoms. The van der Waals surface area contributed by atoms with Crippen LogP contribution >= 0.6 is 15.9 Å². The second-order valence-electron chi connectivity index (χ2n) is 8.30. The van der Waals surface area contributed by atoms with E-state index in [1.807, 2.05) is 36.4 Å². The Morgan fingerprint density at radius 2 is 1.89 bits per heavy atom. The molecule has 0 spiro atoms. The third kappa shape index (κ3) is 6.46. The number of aliphatic imine (C=N–C) groups is 1. The van der Waals surface area contributed by atoms with E-state index in [2.05, 4.69) is 21.2 Å². The molecule has 6 nitrogen and oxygen atoms in total. The molecule has 0 unspecified atom stereocenters. The number of hydrogen-bond acceptors (Lipinski definition) is 5. The molecule has 3 aromatic rings. The van der Waals surface area contributed by atoms with Crippen molar-refractivity contribution >= 4 is 27.7 Å². The van der Waals surface area contributed by atoms with Gasteiger partial charge in [0.1, 0.15) is 18.2 Å². The second-order valence-corrected chi connectivity index (χ2v) is 9.22. The number of carbonyl (C=O) groups is 1. The molecular formula is C27H26BrFN2O4. The lowest BCUT2D eigenvalue weighted by Crippen LogP contribution is -2.48. The fraction of sp³-hybridized carbons (Fsp3) is 0.259. The summed E-state index contributed by atoms with van der Waals surface area (Å²) in [6.07, 6.45) is 0.905. The fourth-order valence-corrected chi connectivity index (χ4v) is 4.03. The van der Waals surface area contributed by atoms with E-state index < -0.39 is 5.54 Å². The van der Waals surface area contributed by atoms with Gasteiger partial charge in [0.2, 0.25) is 5.90 Å². The number of hydrogen-bond donors (Lipinski definition) is 2. The average molecular weight is 541 g/mol. The minimum Gasteiger partial charge on any atom is -0.494 e. The molecule has 2 N–H and O–H groups in total. The van der Waals surface area contributed by atoms with Crippen molar-refractivity contribution in [3.05, 3.63) is 99.8 Å². The third-order valence-electron chi connectivity index (χ3n) is 5.61. The Morgan fingerprint density at radius 3 is 2.60 bits per heavy atom. The Hall–Kier alpha value is -3.23. The van der Waals surface area contributed by atoms with Crippen LogP contribution in [0.5, 0.6) is 5.75 Å². The smallest absolute Gasteiger partial charge is 0.252 e. The van der Waals surface area contributed by atoms with Crippen molar-refractivity contribution in [1.29, 1.82) is 0 Å². The molecule has 0 fully saturated rings. The summed E-state index contributed by atoms with van der Waals surface area (Å²) in [4.78, 5) is 18.2. The van der Waals surface area contributed by atoms with Crippen LogP contribution in [0.25, 0.3) is 0 Å². The maximum Gasteiger partial charge on any atom is 0.252 e. The molecule has 3 aromatic carbocycles. The fourth-order valence-electron chi connectivity index (χ4n) is 3.76. The molecule has 0 aromatic heterocycles. The molecule has 1 heterocycles. The Kier molecular flexibility index (Phi) is 8.15. The van der Waals surface area contributed by atoms with Crippen LogP contribution in [0, 0.1) is 5.82 Å². The quantitative estimate of drug-likeness (QED) is 0.373. The van der Waals surface area contributed by atoms with Gasteiger partial charge in [-0.25, -0.2) is 9.38 Å². The van der Waals surface area contributed by atoms with Crippen LogP contribution in [-0.2, 0) is 22.5 Å². The standard InChI is InChI=1S/C27H26BrFN2O4/c28-22-9-5-19(6-10-22)16-27(26(33)30-17-20-3-1-4-23(29)15-20)18-35-25(31-27)21-7-11-24(12-8-21)34-14-2-13-32/h1,3-12,15,32H,2,13-14,16-18H2,(H,30,33)/t27-/m1/s1. The molecule has 0 saturated heterocycles. The van der Waals surface area contributed by atoms with Gasteiger partial charge in [-0.05, 0) is 59.7 Å². The van der Waals surface area contributed by atoms with Crippen LogP contribution in [0.2, 0.25) is 0 Å². The second kappa shape index (κ2) is 11.5. The highest BCUT2D eigenvalue weighted by atomic mass is 79.9. The molecule has 182 valence electrons. The molecule has 0 saturated carbocycles. The van der Waals surface area contributed by atoms with Gasteiger partial charge in [0.25, 0.3) is 5.91 Å². The van der Waals surface area contributed by atoms with Crippen molar-refractivity contribution in [3.63, 3.8) is 0 Å². The lowest BCUT2D eigenvalue weighted by Gasteiger charge is -2.23. The van der Waals surface area contributed by atoms with E-state index in [0.29, 0.717) is 36.7 Å². The van der Waals surface area contributed by atoms with E-state index in [-0.39, 0.29) is 31.5 Å². The number of carbonyl (C=O) groups excluding carboxylic acids is 1. The first-order chi connectivity index (χ1) is 17.0. The summed E-state index contributed by atoms with van der Waals surface area (Å²) in [5.41, 5.74) is 1.18. The monoisotopic (exact) mass is 540 g/mol. The Bertz CT molecular complexity index is 1180. The van der Waals surface area contributed by atoms with Gasteiger partial charge < -0.3 is 19.9 Å². The number of nitrogens with one attached hydrogen (secondary N) is 1. The van der Waals surface area contributed by atoms with E-state index >= 15 is 0 Å². The zero-order valence-corrected chi connectivity index (χ0v) is 20.6. The average Bonchev–Trinajstić information content (AvgIpc) is 3.30. The number of ether oxygens (including phenoxy) is 2. The van der Waals surface area contributed by atoms with Crippen LogP contribution < -0.4 is 10.1 Å². The predicted molar refractivity (Wildman–Crippen MR) is 135 cm³/mol. The molecular weight excluding hydrogens is 515 g/mol. The van der Waals surface area contributed by atoms with Gasteiger partial charge in [-0.3, -0.25) is 4.79 Å². The largest absolute Gasteiger partial charge is 0.494 e. The van der Waals surface area contributed by atoms with Gasteiger partial charge in [0.15, 0.2) is 5.54 Å². The highest BCUT2D eigenvalue weighted by Crippen LogP contribution is 2.28. The first-order valence-corrected chi connectivity index (χ1v) is 12.1. The van der Waals surface area contributed by atoms with Gasteiger partial charge in [-0.15, -0.1) is 0 Å². The van der Waals surface area contributed by atoms with Crippen LogP contribution in [0.3, 0.4) is 0 Å². The molecule has 0 radical (unpaired) electrons. The topological polar surface area (TPSA) is 80.2 Å². The molecule has 0 aliphatic carbocycles. The van der Waals surface area contributed by atoms with E-state index in [4.69, 9.17) is 19.6 Å². The molecule has 0 bridgehead atoms. The minimum atomic E-state index is -1.16. The SMILES string of the molecule is O=C(NCc1cccc(F)c1)[C@@]1(Cc2ccc(Br)cc2)COC(c2ccc(OCCCO)cc2)=N1. The summed E-state index contributed by atoms with van der Waals surface area (Å²) in [6.45, 7) is 0.769. The summed E-state index contributed by atoms with van der Waals surface area (Å²) >= 11 is 3.44. The van der Waals surface area contributed by atoms with Crippen molar-refractivity contribution in [2.45, 2.75) is 24.9 Å². The predicted octanol–water partition coefficient (Wildman–Crippen LogP) is 4.42. The summed E-state index contributed by atoms with van der Waals surface area (Å²) in [5.74, 6) is 0.415. The normalized spacial score (nSPS) is 16.9. The summed E-state index contributed by atoms with van der Waals surface area (Å²) in [6, 6.07) is 21.1. The maximum absolute atomic E-state index is 13.6. The number of amides is 1. The molecule has 4 rings (SSSR count). The Morgan fingerprint density at radius 1 is 1.11 bits per heavy atom. The molecule has 35 heavy (non-hydrogen) atoms. The van der Waals surface area contributed by atoms with E-state index in [9.17, 15) is 9.18 Å². The zero-order chi connectivity index (χ0) is 24.7. The Balaban J connectivity index is 1.55. The maximum atomic E-state index is 13.6. The lowest BCUT2D eigenvalue weighted by atomic mass is 9.91. The van der Waals surface area contributed by atoms with Crippen molar-refractivity contribution in [3.8, 4) is 5.75 Å². The number of benzene rings is 3. The van der Waals surface area contributed by atoms with Gasteiger partial charge in [-0.1, -0.05) is 40.2 Å². The van der Waals surface area contributed by atoms with Gasteiger partial charge in [0.05, 0.1) is 6.61 Å². The lowest BCUT2D eigenvalue weighted by molar-refractivity contribution is -0.126. The number of rotatable bonds is 10.